The van der Waals surface area contributed by atoms with E-state index in [1.54, 1.807) is 12.1 Å². The van der Waals surface area contributed by atoms with Crippen molar-refractivity contribution in [3.63, 3.8) is 0 Å². The fraction of sp³-hybridized carbons (Fsp3) is 0. The van der Waals surface area contributed by atoms with Crippen LogP contribution >= 0.6 is 0 Å². The average Bonchev–Trinajstić information content (AvgIpc) is 2.83. The van der Waals surface area contributed by atoms with Crippen LogP contribution in [-0.4, -0.2) is 12.2 Å². The van der Waals surface area contributed by atoms with E-state index < -0.39 is 11.8 Å². The van der Waals surface area contributed by atoms with Crippen LogP contribution in [0.15, 0.2) is 52.2 Å². The largest absolute Gasteiger partial charge is 0.463 e. The van der Waals surface area contributed by atoms with Gasteiger partial charge in [-0.3, -0.25) is 0 Å². The van der Waals surface area contributed by atoms with Crippen LogP contribution < -0.4 is 0 Å². The number of hydrogen-bond donors (Lipinski definition) is 0. The van der Waals surface area contributed by atoms with Gasteiger partial charge in [0, 0.05) is 0 Å². The molecule has 1 aromatic heterocycles. The summed E-state index contributed by atoms with van der Waals surface area (Å²) in [6.07, 6.45) is 2.74. The van der Waals surface area contributed by atoms with Gasteiger partial charge in [0.05, 0.1) is 11.8 Å². The maximum Gasteiger partial charge on any atom is 0.365 e. The Morgan fingerprint density at radius 3 is 2.71 bits per heavy atom. The summed E-state index contributed by atoms with van der Waals surface area (Å²) in [6, 6.07) is 8.33. The van der Waals surface area contributed by atoms with E-state index in [0.717, 1.165) is 0 Å². The van der Waals surface area contributed by atoms with E-state index in [-0.39, 0.29) is 5.56 Å². The number of furan rings is 1. The summed E-state index contributed by atoms with van der Waals surface area (Å²) in [4.78, 5) is 16.0. The molecule has 0 atom stereocenters. The second-order valence-corrected chi connectivity index (χ2v) is 3.14. The summed E-state index contributed by atoms with van der Waals surface area (Å²) in [5.41, 5.74) is 0.225. The number of nitrogens with zero attached hydrogens (tertiary/aromatic N) is 1. The van der Waals surface area contributed by atoms with E-state index in [9.17, 15) is 9.18 Å². The zero-order valence-electron chi connectivity index (χ0n) is 8.67. The monoisotopic (exact) mass is 233 g/mol. The Hall–Kier alpha value is -2.43. The smallest absolute Gasteiger partial charge is 0.365 e. The van der Waals surface area contributed by atoms with Gasteiger partial charge >= 0.3 is 5.97 Å². The van der Waals surface area contributed by atoms with Gasteiger partial charge in [-0.15, -0.1) is 0 Å². The summed E-state index contributed by atoms with van der Waals surface area (Å²) in [5.74, 6) is -0.606. The molecule has 1 aromatic carbocycles. The number of benzene rings is 1. The van der Waals surface area contributed by atoms with Crippen LogP contribution in [0.3, 0.4) is 0 Å². The minimum absolute atomic E-state index is 0.225. The Bertz CT molecular complexity index is 517. The van der Waals surface area contributed by atoms with Crippen molar-refractivity contribution < 1.29 is 18.4 Å². The standard InChI is InChI=1S/C12H8FNO3/c13-10-5-3-9(4-6-10)12(15)17-14-8-11-2-1-7-16-11/h1-8H. The molecule has 0 spiro atoms. The summed E-state index contributed by atoms with van der Waals surface area (Å²) >= 11 is 0. The average molecular weight is 233 g/mol. The first-order valence-electron chi connectivity index (χ1n) is 4.79. The third kappa shape index (κ3) is 3.01. The Morgan fingerprint density at radius 2 is 2.06 bits per heavy atom. The SMILES string of the molecule is O=C(ON=Cc1ccco1)c1ccc(F)cc1. The highest BCUT2D eigenvalue weighted by atomic mass is 19.1. The van der Waals surface area contributed by atoms with E-state index in [1.807, 2.05) is 0 Å². The normalized spacial score (nSPS) is 10.6. The van der Waals surface area contributed by atoms with Gasteiger partial charge in [0.15, 0.2) is 0 Å². The molecule has 4 nitrogen and oxygen atoms in total. The molecule has 0 aliphatic rings. The molecule has 0 aliphatic carbocycles. The van der Waals surface area contributed by atoms with Crippen LogP contribution in [0.4, 0.5) is 4.39 Å². The second kappa shape index (κ2) is 5.07. The van der Waals surface area contributed by atoms with Crippen molar-refractivity contribution in [1.82, 2.24) is 0 Å². The molecule has 2 rings (SSSR count). The lowest BCUT2D eigenvalue weighted by Crippen LogP contribution is -2.00. The first-order chi connectivity index (χ1) is 8.25. The summed E-state index contributed by atoms with van der Waals surface area (Å²) < 4.78 is 17.5. The van der Waals surface area contributed by atoms with Gasteiger partial charge in [-0.1, -0.05) is 5.16 Å². The zero-order chi connectivity index (χ0) is 12.1. The fourth-order valence-corrected chi connectivity index (χ4v) is 1.13. The summed E-state index contributed by atoms with van der Waals surface area (Å²) in [6.45, 7) is 0. The van der Waals surface area contributed by atoms with Gasteiger partial charge in [-0.05, 0) is 36.4 Å². The zero-order valence-corrected chi connectivity index (χ0v) is 8.67. The molecule has 0 unspecified atom stereocenters. The lowest BCUT2D eigenvalue weighted by Gasteiger charge is -1.96. The lowest BCUT2D eigenvalue weighted by molar-refractivity contribution is 0.0519. The fourth-order valence-electron chi connectivity index (χ4n) is 1.13. The molecular weight excluding hydrogens is 225 g/mol. The van der Waals surface area contributed by atoms with E-state index >= 15 is 0 Å². The van der Waals surface area contributed by atoms with E-state index in [4.69, 9.17) is 4.42 Å². The number of oxime groups is 1. The minimum Gasteiger partial charge on any atom is -0.463 e. The van der Waals surface area contributed by atoms with Crippen molar-refractivity contribution >= 4 is 12.2 Å². The van der Waals surface area contributed by atoms with Crippen molar-refractivity contribution in [1.29, 1.82) is 0 Å². The van der Waals surface area contributed by atoms with Crippen molar-refractivity contribution in [3.8, 4) is 0 Å². The van der Waals surface area contributed by atoms with E-state index in [2.05, 4.69) is 9.99 Å². The molecule has 0 N–H and O–H groups in total. The van der Waals surface area contributed by atoms with Crippen LogP contribution in [0, 0.1) is 5.82 Å². The van der Waals surface area contributed by atoms with Crippen molar-refractivity contribution in [2.45, 2.75) is 0 Å². The molecule has 1 heterocycles. The Labute approximate surface area is 96.3 Å². The molecule has 0 saturated carbocycles. The van der Waals surface area contributed by atoms with Gasteiger partial charge in [0.1, 0.15) is 17.8 Å². The highest BCUT2D eigenvalue weighted by Crippen LogP contribution is 2.04. The van der Waals surface area contributed by atoms with Crippen molar-refractivity contribution in [2.24, 2.45) is 5.16 Å². The molecule has 86 valence electrons. The predicted molar refractivity (Wildman–Crippen MR) is 58.1 cm³/mol. The predicted octanol–water partition coefficient (Wildman–Crippen LogP) is 2.61. The Balaban J connectivity index is 1.96. The minimum atomic E-state index is -0.659. The third-order valence-corrected chi connectivity index (χ3v) is 1.94. The lowest BCUT2D eigenvalue weighted by atomic mass is 10.2. The highest BCUT2D eigenvalue weighted by molar-refractivity contribution is 5.89. The first-order valence-corrected chi connectivity index (χ1v) is 4.79. The second-order valence-electron chi connectivity index (χ2n) is 3.14. The van der Waals surface area contributed by atoms with Crippen LogP contribution in [0.1, 0.15) is 16.1 Å². The van der Waals surface area contributed by atoms with Crippen LogP contribution in [-0.2, 0) is 4.84 Å². The maximum atomic E-state index is 12.6. The van der Waals surface area contributed by atoms with Crippen LogP contribution in [0.5, 0.6) is 0 Å². The molecule has 0 amide bonds. The molecule has 17 heavy (non-hydrogen) atoms. The molecule has 2 aromatic rings. The summed E-state index contributed by atoms with van der Waals surface area (Å²) in [7, 11) is 0. The van der Waals surface area contributed by atoms with Crippen LogP contribution in [0.2, 0.25) is 0 Å². The Kier molecular flexibility index (Phi) is 3.30. The van der Waals surface area contributed by atoms with E-state index in [0.29, 0.717) is 5.76 Å². The summed E-state index contributed by atoms with van der Waals surface area (Å²) in [5, 5.41) is 3.45. The van der Waals surface area contributed by atoms with Gasteiger partial charge in [-0.2, -0.15) is 0 Å². The molecule has 0 aliphatic heterocycles. The van der Waals surface area contributed by atoms with Gasteiger partial charge < -0.3 is 9.25 Å². The number of hydrogen-bond acceptors (Lipinski definition) is 4. The quantitative estimate of drug-likeness (QED) is 0.465. The van der Waals surface area contributed by atoms with Gasteiger partial charge in [0.2, 0.25) is 0 Å². The highest BCUT2D eigenvalue weighted by Gasteiger charge is 2.06. The first kappa shape index (κ1) is 11.1. The molecule has 0 fully saturated rings. The van der Waals surface area contributed by atoms with Crippen LogP contribution in [0.25, 0.3) is 0 Å². The maximum absolute atomic E-state index is 12.6. The number of carbonyl (C=O) groups is 1. The molecule has 5 heteroatoms. The molecular formula is C12H8FNO3. The Morgan fingerprint density at radius 1 is 1.29 bits per heavy atom. The molecule has 0 bridgehead atoms. The number of rotatable bonds is 3. The third-order valence-electron chi connectivity index (χ3n) is 1.94. The topological polar surface area (TPSA) is 51.8 Å². The molecule has 0 radical (unpaired) electrons. The van der Waals surface area contributed by atoms with Crippen molar-refractivity contribution in [2.75, 3.05) is 0 Å². The molecule has 0 saturated heterocycles. The van der Waals surface area contributed by atoms with Crippen molar-refractivity contribution in [3.05, 3.63) is 59.8 Å². The van der Waals surface area contributed by atoms with E-state index in [1.165, 1.54) is 36.7 Å². The number of halogens is 1. The van der Waals surface area contributed by atoms with Gasteiger partial charge in [0.25, 0.3) is 0 Å². The number of carbonyl (C=O) groups excluding carboxylic acids is 1. The van der Waals surface area contributed by atoms with Gasteiger partial charge in [-0.25, -0.2) is 9.18 Å².